The zero-order valence-corrected chi connectivity index (χ0v) is 13.4. The molecule has 3 aromatic heterocycles. The van der Waals surface area contributed by atoms with Gasteiger partial charge >= 0.3 is 0 Å². The molecule has 22 heavy (non-hydrogen) atoms. The standard InChI is InChI=1S/C13H14N6OS2/c1-2-14-13-16-6-9(22-13)12(20)15-7-10-17-11(19-18-10)8-4-3-5-21-8/h3-6H,2,7H2,1H3,(H,14,16)(H,15,20)(H,17,18,19). The van der Waals surface area contributed by atoms with Crippen LogP contribution in [0, 0.1) is 0 Å². The fourth-order valence-corrected chi connectivity index (χ4v) is 3.21. The van der Waals surface area contributed by atoms with Crippen molar-refractivity contribution in [2.45, 2.75) is 13.5 Å². The van der Waals surface area contributed by atoms with Gasteiger partial charge in [0, 0.05) is 6.54 Å². The van der Waals surface area contributed by atoms with E-state index in [1.54, 1.807) is 17.5 Å². The van der Waals surface area contributed by atoms with E-state index in [2.05, 4.69) is 30.8 Å². The van der Waals surface area contributed by atoms with Crippen molar-refractivity contribution in [2.75, 3.05) is 11.9 Å². The maximum absolute atomic E-state index is 12.0. The maximum Gasteiger partial charge on any atom is 0.263 e. The van der Waals surface area contributed by atoms with Gasteiger partial charge < -0.3 is 10.6 Å². The molecule has 0 spiro atoms. The minimum Gasteiger partial charge on any atom is -0.362 e. The van der Waals surface area contributed by atoms with Crippen LogP contribution >= 0.6 is 22.7 Å². The number of nitrogens with zero attached hydrogens (tertiary/aromatic N) is 3. The Labute approximate surface area is 134 Å². The fourth-order valence-electron chi connectivity index (χ4n) is 1.75. The lowest BCUT2D eigenvalue weighted by Crippen LogP contribution is -2.22. The molecule has 3 N–H and O–H groups in total. The van der Waals surface area contributed by atoms with Crippen LogP contribution < -0.4 is 10.6 Å². The van der Waals surface area contributed by atoms with Crippen molar-refractivity contribution in [1.29, 1.82) is 0 Å². The number of thiophene rings is 1. The van der Waals surface area contributed by atoms with Crippen molar-refractivity contribution in [3.63, 3.8) is 0 Å². The summed E-state index contributed by atoms with van der Waals surface area (Å²) < 4.78 is 0. The average Bonchev–Trinajstić information content (AvgIpc) is 3.25. The van der Waals surface area contributed by atoms with Crippen LogP contribution in [0.15, 0.2) is 23.7 Å². The molecule has 7 nitrogen and oxygen atoms in total. The van der Waals surface area contributed by atoms with Crippen LogP contribution in [-0.4, -0.2) is 32.6 Å². The smallest absolute Gasteiger partial charge is 0.263 e. The summed E-state index contributed by atoms with van der Waals surface area (Å²) in [5, 5.41) is 15.6. The summed E-state index contributed by atoms with van der Waals surface area (Å²) in [6, 6.07) is 3.90. The first kappa shape index (κ1) is 14.7. The van der Waals surface area contributed by atoms with Crippen molar-refractivity contribution >= 4 is 33.7 Å². The van der Waals surface area contributed by atoms with Gasteiger partial charge in [0.25, 0.3) is 5.91 Å². The lowest BCUT2D eigenvalue weighted by molar-refractivity contribution is 0.0954. The average molecular weight is 334 g/mol. The Hall–Kier alpha value is -2.26. The van der Waals surface area contributed by atoms with E-state index in [-0.39, 0.29) is 5.91 Å². The molecule has 0 aliphatic carbocycles. The lowest BCUT2D eigenvalue weighted by Gasteiger charge is -1.99. The Kier molecular flexibility index (Phi) is 4.45. The molecule has 3 rings (SSSR count). The largest absolute Gasteiger partial charge is 0.362 e. The third-order valence-corrected chi connectivity index (χ3v) is 4.57. The van der Waals surface area contributed by atoms with Gasteiger partial charge in [-0.3, -0.25) is 9.89 Å². The van der Waals surface area contributed by atoms with Gasteiger partial charge in [0.1, 0.15) is 10.7 Å². The van der Waals surface area contributed by atoms with E-state index >= 15 is 0 Å². The monoisotopic (exact) mass is 334 g/mol. The van der Waals surface area contributed by atoms with Crippen molar-refractivity contribution in [2.24, 2.45) is 0 Å². The highest BCUT2D eigenvalue weighted by Gasteiger charge is 2.12. The van der Waals surface area contributed by atoms with Crippen molar-refractivity contribution in [3.8, 4) is 10.7 Å². The number of carbonyl (C=O) groups excluding carboxylic acids is 1. The van der Waals surface area contributed by atoms with Gasteiger partial charge in [-0.25, -0.2) is 9.97 Å². The molecule has 0 unspecified atom stereocenters. The highest BCUT2D eigenvalue weighted by Crippen LogP contribution is 2.20. The van der Waals surface area contributed by atoms with E-state index in [1.807, 2.05) is 24.4 Å². The number of nitrogens with one attached hydrogen (secondary N) is 3. The molecule has 1 amide bonds. The molecular weight excluding hydrogens is 320 g/mol. The minimum absolute atomic E-state index is 0.171. The maximum atomic E-state index is 12.0. The summed E-state index contributed by atoms with van der Waals surface area (Å²) in [6.07, 6.45) is 1.56. The Morgan fingerprint density at radius 3 is 3.14 bits per heavy atom. The first-order valence-corrected chi connectivity index (χ1v) is 8.39. The van der Waals surface area contributed by atoms with E-state index < -0.39 is 0 Å². The van der Waals surface area contributed by atoms with E-state index in [0.29, 0.717) is 23.1 Å². The molecule has 0 aromatic carbocycles. The molecule has 0 aliphatic heterocycles. The number of H-pyrrole nitrogens is 1. The third kappa shape index (κ3) is 3.31. The highest BCUT2D eigenvalue weighted by atomic mass is 32.1. The van der Waals surface area contributed by atoms with E-state index in [1.165, 1.54) is 11.3 Å². The second-order valence-corrected chi connectivity index (χ2v) is 6.30. The highest BCUT2D eigenvalue weighted by molar-refractivity contribution is 7.17. The fraction of sp³-hybridized carbons (Fsp3) is 0.231. The molecule has 9 heteroatoms. The van der Waals surface area contributed by atoms with E-state index in [4.69, 9.17) is 0 Å². The molecule has 0 atom stereocenters. The molecule has 0 fully saturated rings. The van der Waals surface area contributed by atoms with Crippen LogP contribution in [0.1, 0.15) is 22.4 Å². The zero-order valence-electron chi connectivity index (χ0n) is 11.8. The lowest BCUT2D eigenvalue weighted by atomic mass is 10.4. The van der Waals surface area contributed by atoms with E-state index in [9.17, 15) is 4.79 Å². The summed E-state index contributed by atoms with van der Waals surface area (Å²) in [6.45, 7) is 3.06. The molecule has 0 aliphatic rings. The van der Waals surface area contributed by atoms with E-state index in [0.717, 1.165) is 16.6 Å². The van der Waals surface area contributed by atoms with Crippen molar-refractivity contribution < 1.29 is 4.79 Å². The molecule has 3 heterocycles. The van der Waals surface area contributed by atoms with Crippen LogP contribution in [0.2, 0.25) is 0 Å². The SMILES string of the molecule is CCNc1ncc(C(=O)NCc2nc(-c3cccs3)n[nH]2)s1. The Balaban J connectivity index is 1.58. The van der Waals surface area contributed by atoms with Crippen LogP contribution in [0.5, 0.6) is 0 Å². The second kappa shape index (κ2) is 6.67. The number of hydrogen-bond acceptors (Lipinski definition) is 7. The van der Waals surface area contributed by atoms with Crippen LogP contribution in [0.25, 0.3) is 10.7 Å². The summed E-state index contributed by atoms with van der Waals surface area (Å²) in [7, 11) is 0. The Morgan fingerprint density at radius 2 is 2.36 bits per heavy atom. The molecule has 0 radical (unpaired) electrons. The number of carbonyl (C=O) groups is 1. The normalized spacial score (nSPS) is 10.6. The number of aromatic nitrogens is 4. The third-order valence-electron chi connectivity index (χ3n) is 2.75. The molecule has 0 saturated carbocycles. The summed E-state index contributed by atoms with van der Waals surface area (Å²) >= 11 is 2.90. The molecular formula is C13H14N6OS2. The van der Waals surface area contributed by atoms with Gasteiger partial charge in [-0.2, -0.15) is 5.10 Å². The van der Waals surface area contributed by atoms with Crippen LogP contribution in [0.4, 0.5) is 5.13 Å². The van der Waals surface area contributed by atoms with Crippen LogP contribution in [-0.2, 0) is 6.54 Å². The molecule has 0 bridgehead atoms. The van der Waals surface area contributed by atoms with Gasteiger partial charge in [-0.05, 0) is 18.4 Å². The predicted molar refractivity (Wildman–Crippen MR) is 87.1 cm³/mol. The summed E-state index contributed by atoms with van der Waals surface area (Å²) in [5.74, 6) is 1.09. The molecule has 114 valence electrons. The van der Waals surface area contributed by atoms with Crippen molar-refractivity contribution in [3.05, 3.63) is 34.4 Å². The molecule has 0 saturated heterocycles. The quantitative estimate of drug-likeness (QED) is 0.643. The number of amides is 1. The predicted octanol–water partition coefficient (Wildman–Crippen LogP) is 2.35. The summed E-state index contributed by atoms with van der Waals surface area (Å²) in [5.41, 5.74) is 0. The zero-order chi connectivity index (χ0) is 15.4. The van der Waals surface area contributed by atoms with Crippen molar-refractivity contribution in [1.82, 2.24) is 25.5 Å². The Morgan fingerprint density at radius 1 is 1.45 bits per heavy atom. The first-order chi connectivity index (χ1) is 10.8. The number of aromatic amines is 1. The number of hydrogen-bond donors (Lipinski definition) is 3. The first-order valence-electron chi connectivity index (χ1n) is 6.69. The number of rotatable bonds is 6. The van der Waals surface area contributed by atoms with Gasteiger partial charge in [0.15, 0.2) is 11.0 Å². The Bertz CT molecular complexity index is 748. The van der Waals surface area contributed by atoms with Gasteiger partial charge in [-0.15, -0.1) is 11.3 Å². The number of anilines is 1. The second-order valence-electron chi connectivity index (χ2n) is 4.33. The molecule has 3 aromatic rings. The van der Waals surface area contributed by atoms with Gasteiger partial charge in [0.05, 0.1) is 17.6 Å². The topological polar surface area (TPSA) is 95.6 Å². The minimum atomic E-state index is -0.171. The summed E-state index contributed by atoms with van der Waals surface area (Å²) in [4.78, 5) is 22.1. The number of thiazole rings is 1. The van der Waals surface area contributed by atoms with Gasteiger partial charge in [-0.1, -0.05) is 17.4 Å². The van der Waals surface area contributed by atoms with Crippen LogP contribution in [0.3, 0.4) is 0 Å². The van der Waals surface area contributed by atoms with Gasteiger partial charge in [0.2, 0.25) is 0 Å².